The molecule has 0 aliphatic carbocycles. The van der Waals surface area contributed by atoms with E-state index < -0.39 is 11.7 Å². The summed E-state index contributed by atoms with van der Waals surface area (Å²) in [7, 11) is 0. The predicted molar refractivity (Wildman–Crippen MR) is 90.8 cm³/mol. The summed E-state index contributed by atoms with van der Waals surface area (Å²) < 4.78 is 40.8. The maximum absolute atomic E-state index is 12.9. The minimum absolute atomic E-state index is 0.0141. The highest BCUT2D eigenvalue weighted by Crippen LogP contribution is 2.33. The quantitative estimate of drug-likeness (QED) is 0.665. The Morgan fingerprint density at radius 1 is 1.12 bits per heavy atom. The summed E-state index contributed by atoms with van der Waals surface area (Å²) in [6.07, 6.45) is -4.48. The van der Waals surface area contributed by atoms with Crippen LogP contribution in [0.4, 0.5) is 19.0 Å². The van der Waals surface area contributed by atoms with Crippen molar-refractivity contribution in [2.75, 3.05) is 5.73 Å². The van der Waals surface area contributed by atoms with Crippen LogP contribution in [0.3, 0.4) is 0 Å². The predicted octanol–water partition coefficient (Wildman–Crippen LogP) is 4.77. The fourth-order valence-electron chi connectivity index (χ4n) is 2.36. The monoisotopic (exact) mass is 406 g/mol. The van der Waals surface area contributed by atoms with E-state index in [-0.39, 0.29) is 17.1 Å². The molecule has 0 spiro atoms. The van der Waals surface area contributed by atoms with Gasteiger partial charge < -0.3 is 5.73 Å². The number of nitrogen functional groups attached to an aromatic ring is 1. The van der Waals surface area contributed by atoms with Crippen molar-refractivity contribution in [1.82, 2.24) is 9.78 Å². The second-order valence-electron chi connectivity index (χ2n) is 5.19. The fourth-order valence-corrected chi connectivity index (χ4v) is 2.63. The Morgan fingerprint density at radius 2 is 1.80 bits per heavy atom. The zero-order valence-electron chi connectivity index (χ0n) is 12.5. The number of alkyl halides is 3. The highest BCUT2D eigenvalue weighted by atomic mass is 79.9. The Bertz CT molecular complexity index is 969. The third-order valence-electron chi connectivity index (χ3n) is 3.57. The van der Waals surface area contributed by atoms with E-state index in [1.165, 1.54) is 12.1 Å². The van der Waals surface area contributed by atoms with E-state index in [0.29, 0.717) is 11.3 Å². The highest BCUT2D eigenvalue weighted by molar-refractivity contribution is 9.10. The van der Waals surface area contributed by atoms with E-state index in [9.17, 15) is 18.4 Å². The molecule has 0 radical (unpaired) electrons. The summed E-state index contributed by atoms with van der Waals surface area (Å²) in [6, 6.07) is 13.6. The summed E-state index contributed by atoms with van der Waals surface area (Å²) in [5, 5.41) is 13.6. The minimum atomic E-state index is -4.48. The van der Waals surface area contributed by atoms with E-state index in [2.05, 4.69) is 21.0 Å². The molecule has 2 N–H and O–H groups in total. The first-order valence-corrected chi connectivity index (χ1v) is 7.82. The smallest absolute Gasteiger partial charge is 0.382 e. The van der Waals surface area contributed by atoms with Crippen molar-refractivity contribution in [3.05, 3.63) is 64.1 Å². The van der Waals surface area contributed by atoms with Crippen molar-refractivity contribution in [2.24, 2.45) is 0 Å². The number of hydrogen-bond acceptors (Lipinski definition) is 3. The third kappa shape index (κ3) is 3.23. The number of benzene rings is 2. The highest BCUT2D eigenvalue weighted by Gasteiger charge is 2.31. The van der Waals surface area contributed by atoms with Gasteiger partial charge in [0.2, 0.25) is 0 Å². The van der Waals surface area contributed by atoms with Gasteiger partial charge in [0, 0.05) is 10.0 Å². The lowest BCUT2D eigenvalue weighted by Crippen LogP contribution is -2.08. The Kier molecular flexibility index (Phi) is 4.27. The molecule has 0 bridgehead atoms. The molecule has 0 aliphatic heterocycles. The Labute approximate surface area is 149 Å². The Balaban J connectivity index is 2.16. The van der Waals surface area contributed by atoms with Crippen LogP contribution in [0.5, 0.6) is 0 Å². The van der Waals surface area contributed by atoms with Gasteiger partial charge in [0.1, 0.15) is 23.1 Å². The average Bonchev–Trinajstić information content (AvgIpc) is 2.91. The molecule has 3 aromatic rings. The maximum atomic E-state index is 12.9. The molecule has 8 heteroatoms. The molecule has 25 heavy (non-hydrogen) atoms. The van der Waals surface area contributed by atoms with Crippen LogP contribution in [0.15, 0.2) is 53.0 Å². The van der Waals surface area contributed by atoms with Crippen molar-refractivity contribution in [3.8, 4) is 23.0 Å². The Hall–Kier alpha value is -2.79. The van der Waals surface area contributed by atoms with Crippen LogP contribution in [0.1, 0.15) is 11.1 Å². The summed E-state index contributed by atoms with van der Waals surface area (Å²) in [6.45, 7) is 0. The lowest BCUT2D eigenvalue weighted by Gasteiger charge is -2.09. The lowest BCUT2D eigenvalue weighted by molar-refractivity contribution is -0.137. The lowest BCUT2D eigenvalue weighted by atomic mass is 10.1. The standard InChI is InChI=1S/C17H10BrF3N4/c18-12-6-4-10(5-7-12)15-14(9-22)16(23)25(24-15)13-3-1-2-11(8-13)17(19,20)21/h1-8H,23H2. The van der Waals surface area contributed by atoms with Crippen LogP contribution in [0.25, 0.3) is 16.9 Å². The number of nitrogens with two attached hydrogens (primary N) is 1. The van der Waals surface area contributed by atoms with Gasteiger partial charge in [0.15, 0.2) is 0 Å². The van der Waals surface area contributed by atoms with E-state index in [1.54, 1.807) is 24.3 Å². The first-order chi connectivity index (χ1) is 11.8. The second-order valence-corrected chi connectivity index (χ2v) is 6.10. The van der Waals surface area contributed by atoms with Gasteiger partial charge in [-0.05, 0) is 30.3 Å². The van der Waals surface area contributed by atoms with E-state index in [4.69, 9.17) is 5.73 Å². The summed E-state index contributed by atoms with van der Waals surface area (Å²) in [5.41, 5.74) is 6.33. The minimum Gasteiger partial charge on any atom is -0.382 e. The van der Waals surface area contributed by atoms with Gasteiger partial charge in [-0.1, -0.05) is 34.1 Å². The Morgan fingerprint density at radius 3 is 2.40 bits per heavy atom. The SMILES string of the molecule is N#Cc1c(-c2ccc(Br)cc2)nn(-c2cccc(C(F)(F)F)c2)c1N. The van der Waals surface area contributed by atoms with E-state index in [1.807, 2.05) is 6.07 Å². The van der Waals surface area contributed by atoms with Crippen LogP contribution in [0.2, 0.25) is 0 Å². The van der Waals surface area contributed by atoms with E-state index >= 15 is 0 Å². The number of anilines is 1. The van der Waals surface area contributed by atoms with Gasteiger partial charge in [-0.25, -0.2) is 4.68 Å². The molecular weight excluding hydrogens is 397 g/mol. The molecule has 0 amide bonds. The van der Waals surface area contributed by atoms with Crippen molar-refractivity contribution in [1.29, 1.82) is 5.26 Å². The zero-order chi connectivity index (χ0) is 18.2. The molecule has 0 aliphatic rings. The van der Waals surface area contributed by atoms with Crippen molar-refractivity contribution in [3.63, 3.8) is 0 Å². The molecule has 0 atom stereocenters. The molecule has 3 rings (SSSR count). The van der Waals surface area contributed by atoms with Gasteiger partial charge in [-0.15, -0.1) is 0 Å². The summed E-state index contributed by atoms with van der Waals surface area (Å²) in [5.74, 6) is -0.0141. The van der Waals surface area contributed by atoms with Crippen LogP contribution in [-0.4, -0.2) is 9.78 Å². The molecule has 0 saturated heterocycles. The second kappa shape index (κ2) is 6.26. The van der Waals surface area contributed by atoms with Gasteiger partial charge in [0.25, 0.3) is 0 Å². The van der Waals surface area contributed by atoms with Crippen LogP contribution < -0.4 is 5.73 Å². The average molecular weight is 407 g/mol. The molecule has 2 aromatic carbocycles. The van der Waals surface area contributed by atoms with Crippen molar-refractivity contribution in [2.45, 2.75) is 6.18 Å². The first-order valence-electron chi connectivity index (χ1n) is 7.03. The third-order valence-corrected chi connectivity index (χ3v) is 4.10. The fraction of sp³-hybridized carbons (Fsp3) is 0.0588. The van der Waals surface area contributed by atoms with Crippen molar-refractivity contribution < 1.29 is 13.2 Å². The molecule has 0 saturated carbocycles. The van der Waals surface area contributed by atoms with Gasteiger partial charge >= 0.3 is 6.18 Å². The van der Waals surface area contributed by atoms with Crippen LogP contribution in [0, 0.1) is 11.3 Å². The number of rotatable bonds is 2. The summed E-state index contributed by atoms with van der Waals surface area (Å²) in [4.78, 5) is 0. The molecule has 0 fully saturated rings. The van der Waals surface area contributed by atoms with E-state index in [0.717, 1.165) is 21.3 Å². The number of nitriles is 1. The molecule has 4 nitrogen and oxygen atoms in total. The van der Waals surface area contributed by atoms with Gasteiger partial charge in [0.05, 0.1) is 11.3 Å². The number of nitrogens with zero attached hydrogens (tertiary/aromatic N) is 3. The van der Waals surface area contributed by atoms with Crippen LogP contribution >= 0.6 is 15.9 Å². The largest absolute Gasteiger partial charge is 0.416 e. The zero-order valence-corrected chi connectivity index (χ0v) is 14.1. The number of halogens is 4. The molecule has 1 heterocycles. The summed E-state index contributed by atoms with van der Waals surface area (Å²) >= 11 is 3.31. The molecule has 0 unspecified atom stereocenters. The molecule has 1 aromatic heterocycles. The molecular formula is C17H10BrF3N4. The topological polar surface area (TPSA) is 67.6 Å². The molecule has 126 valence electrons. The van der Waals surface area contributed by atoms with Gasteiger partial charge in [-0.2, -0.15) is 23.5 Å². The number of aromatic nitrogens is 2. The normalized spacial score (nSPS) is 11.3. The van der Waals surface area contributed by atoms with Gasteiger partial charge in [-0.3, -0.25) is 0 Å². The van der Waals surface area contributed by atoms with Crippen molar-refractivity contribution >= 4 is 21.7 Å². The first kappa shape index (κ1) is 17.0. The maximum Gasteiger partial charge on any atom is 0.416 e. The number of hydrogen-bond donors (Lipinski definition) is 1. The van der Waals surface area contributed by atoms with Crippen LogP contribution in [-0.2, 0) is 6.18 Å².